The van der Waals surface area contributed by atoms with Crippen molar-refractivity contribution in [2.75, 3.05) is 11.1 Å². The predicted molar refractivity (Wildman–Crippen MR) is 91.0 cm³/mol. The number of benzene rings is 1. The molecule has 1 heterocycles. The number of halogens is 4. The van der Waals surface area contributed by atoms with Crippen molar-refractivity contribution in [3.05, 3.63) is 34.6 Å². The summed E-state index contributed by atoms with van der Waals surface area (Å²) in [6.07, 6.45) is -4.51. The number of rotatable bonds is 5. The molecule has 1 N–H and O–H groups in total. The van der Waals surface area contributed by atoms with Crippen molar-refractivity contribution in [3.8, 4) is 0 Å². The average molecular weight is 393 g/mol. The summed E-state index contributed by atoms with van der Waals surface area (Å²) in [5, 5.41) is 11.0. The smallest absolute Gasteiger partial charge is 0.324 e. The molecule has 136 valence electrons. The van der Waals surface area contributed by atoms with Crippen LogP contribution in [-0.2, 0) is 11.0 Å². The molecule has 1 aromatic carbocycles. The highest BCUT2D eigenvalue weighted by atomic mass is 35.5. The van der Waals surface area contributed by atoms with Crippen LogP contribution in [0.2, 0.25) is 5.02 Å². The zero-order chi connectivity index (χ0) is 18.8. The molecule has 0 bridgehead atoms. The maximum atomic E-state index is 12.8. The lowest BCUT2D eigenvalue weighted by Crippen LogP contribution is -2.16. The van der Waals surface area contributed by atoms with Crippen LogP contribution in [0, 0.1) is 6.92 Å². The first-order chi connectivity index (χ1) is 11.6. The van der Waals surface area contributed by atoms with Crippen LogP contribution < -0.4 is 5.32 Å². The standard InChI is InChI=1S/C15H16ClF3N4OS/c1-8(2)23-9(3)21-22-14(23)25-7-13(24)20-12-6-10(15(17,18)19)4-5-11(12)16/h4-6,8H,7H2,1-3H3,(H,20,24). The topological polar surface area (TPSA) is 59.8 Å². The first-order valence-corrected chi connectivity index (χ1v) is 8.67. The van der Waals surface area contributed by atoms with Gasteiger partial charge in [-0.05, 0) is 39.0 Å². The number of nitrogens with one attached hydrogen (secondary N) is 1. The van der Waals surface area contributed by atoms with Crippen LogP contribution in [0.1, 0.15) is 31.3 Å². The summed E-state index contributed by atoms with van der Waals surface area (Å²) in [5.41, 5.74) is -0.960. The SMILES string of the molecule is Cc1nnc(SCC(=O)Nc2cc(C(F)(F)F)ccc2Cl)n1C(C)C. The Hall–Kier alpha value is -1.74. The van der Waals surface area contributed by atoms with E-state index in [9.17, 15) is 18.0 Å². The summed E-state index contributed by atoms with van der Waals surface area (Å²) >= 11 is 7.01. The Bertz CT molecular complexity index is 777. The Labute approximate surface area is 152 Å². The number of carbonyl (C=O) groups excluding carboxylic acids is 1. The summed E-state index contributed by atoms with van der Waals surface area (Å²) in [5.74, 6) is 0.207. The third-order valence-electron chi connectivity index (χ3n) is 3.25. The van der Waals surface area contributed by atoms with E-state index in [1.807, 2.05) is 18.4 Å². The van der Waals surface area contributed by atoms with Gasteiger partial charge in [0.2, 0.25) is 5.91 Å². The second kappa shape index (κ2) is 7.65. The number of thioether (sulfide) groups is 1. The highest BCUT2D eigenvalue weighted by Gasteiger charge is 2.31. The second-order valence-corrected chi connectivity index (χ2v) is 6.87. The van der Waals surface area contributed by atoms with Gasteiger partial charge in [-0.3, -0.25) is 4.79 Å². The van der Waals surface area contributed by atoms with E-state index < -0.39 is 17.6 Å². The van der Waals surface area contributed by atoms with Crippen LogP contribution in [0.25, 0.3) is 0 Å². The molecule has 1 amide bonds. The largest absolute Gasteiger partial charge is 0.416 e. The lowest BCUT2D eigenvalue weighted by Gasteiger charge is -2.13. The van der Waals surface area contributed by atoms with Crippen molar-refractivity contribution in [1.82, 2.24) is 14.8 Å². The Morgan fingerprint density at radius 3 is 2.64 bits per heavy atom. The lowest BCUT2D eigenvalue weighted by atomic mass is 10.2. The van der Waals surface area contributed by atoms with Crippen molar-refractivity contribution >= 4 is 35.0 Å². The first-order valence-electron chi connectivity index (χ1n) is 7.30. The van der Waals surface area contributed by atoms with Gasteiger partial charge in [0.15, 0.2) is 5.16 Å². The quantitative estimate of drug-likeness (QED) is 0.757. The maximum absolute atomic E-state index is 12.8. The third kappa shape index (κ3) is 4.88. The van der Waals surface area contributed by atoms with Gasteiger partial charge in [0, 0.05) is 6.04 Å². The Morgan fingerprint density at radius 1 is 1.36 bits per heavy atom. The van der Waals surface area contributed by atoms with Gasteiger partial charge in [-0.15, -0.1) is 10.2 Å². The molecule has 0 fully saturated rings. The van der Waals surface area contributed by atoms with E-state index in [2.05, 4.69) is 15.5 Å². The Kier molecular flexibility index (Phi) is 5.99. The van der Waals surface area contributed by atoms with Crippen molar-refractivity contribution < 1.29 is 18.0 Å². The lowest BCUT2D eigenvalue weighted by molar-refractivity contribution is -0.137. The van der Waals surface area contributed by atoms with Crippen molar-refractivity contribution in [2.24, 2.45) is 0 Å². The number of amides is 1. The van der Waals surface area contributed by atoms with Crippen molar-refractivity contribution in [1.29, 1.82) is 0 Å². The van der Waals surface area contributed by atoms with Gasteiger partial charge in [-0.2, -0.15) is 13.2 Å². The summed E-state index contributed by atoms with van der Waals surface area (Å²) < 4.78 is 40.1. The van der Waals surface area contributed by atoms with Crippen LogP contribution in [0.15, 0.2) is 23.4 Å². The van der Waals surface area contributed by atoms with Crippen molar-refractivity contribution in [3.63, 3.8) is 0 Å². The van der Waals surface area contributed by atoms with E-state index in [0.29, 0.717) is 5.16 Å². The molecule has 0 aliphatic heterocycles. The third-order valence-corrected chi connectivity index (χ3v) is 4.52. The number of aromatic nitrogens is 3. The zero-order valence-corrected chi connectivity index (χ0v) is 15.3. The van der Waals surface area contributed by atoms with Crippen LogP contribution >= 0.6 is 23.4 Å². The fraction of sp³-hybridized carbons (Fsp3) is 0.400. The molecule has 2 aromatic rings. The molecular formula is C15H16ClF3N4OS. The van der Waals surface area contributed by atoms with Gasteiger partial charge >= 0.3 is 6.18 Å². The van der Waals surface area contributed by atoms with Gasteiger partial charge in [0.25, 0.3) is 0 Å². The summed E-state index contributed by atoms with van der Waals surface area (Å²) in [6.45, 7) is 5.73. The molecule has 0 radical (unpaired) electrons. The highest BCUT2D eigenvalue weighted by molar-refractivity contribution is 7.99. The number of nitrogens with zero attached hydrogens (tertiary/aromatic N) is 3. The summed E-state index contributed by atoms with van der Waals surface area (Å²) in [4.78, 5) is 12.1. The normalized spacial score (nSPS) is 11.8. The van der Waals surface area contributed by atoms with Gasteiger partial charge in [0.1, 0.15) is 5.82 Å². The molecule has 0 atom stereocenters. The number of anilines is 1. The fourth-order valence-corrected chi connectivity index (χ4v) is 3.23. The molecule has 0 aliphatic rings. The van der Waals surface area contributed by atoms with E-state index >= 15 is 0 Å². The van der Waals surface area contributed by atoms with Crippen LogP contribution in [0.5, 0.6) is 0 Å². The van der Waals surface area contributed by atoms with Gasteiger partial charge in [0.05, 0.1) is 22.0 Å². The zero-order valence-electron chi connectivity index (χ0n) is 13.7. The molecule has 0 saturated heterocycles. The minimum atomic E-state index is -4.51. The average Bonchev–Trinajstić information content (AvgIpc) is 2.87. The first kappa shape index (κ1) is 19.6. The van der Waals surface area contributed by atoms with Crippen LogP contribution in [-0.4, -0.2) is 26.4 Å². The van der Waals surface area contributed by atoms with E-state index in [1.165, 1.54) is 0 Å². The number of aryl methyl sites for hydroxylation is 1. The monoisotopic (exact) mass is 392 g/mol. The molecule has 5 nitrogen and oxygen atoms in total. The minimum absolute atomic E-state index is 0.0303. The van der Waals surface area contributed by atoms with E-state index in [4.69, 9.17) is 11.6 Å². The van der Waals surface area contributed by atoms with E-state index in [0.717, 1.165) is 35.8 Å². The molecule has 2 rings (SSSR count). The molecule has 0 spiro atoms. The minimum Gasteiger partial charge on any atom is -0.324 e. The van der Waals surface area contributed by atoms with E-state index in [1.54, 1.807) is 6.92 Å². The predicted octanol–water partition coefficient (Wildman–Crippen LogP) is 4.57. The number of carbonyl (C=O) groups is 1. The van der Waals surface area contributed by atoms with Gasteiger partial charge in [-0.1, -0.05) is 23.4 Å². The molecule has 25 heavy (non-hydrogen) atoms. The number of hydrogen-bond acceptors (Lipinski definition) is 4. The van der Waals surface area contributed by atoms with E-state index in [-0.39, 0.29) is 22.5 Å². The van der Waals surface area contributed by atoms with Crippen molar-refractivity contribution in [2.45, 2.75) is 38.1 Å². The maximum Gasteiger partial charge on any atom is 0.416 e. The van der Waals surface area contributed by atoms with Crippen LogP contribution in [0.4, 0.5) is 18.9 Å². The second-order valence-electron chi connectivity index (χ2n) is 5.52. The highest BCUT2D eigenvalue weighted by Crippen LogP contribution is 2.34. The summed E-state index contributed by atoms with van der Waals surface area (Å²) in [7, 11) is 0. The van der Waals surface area contributed by atoms with Gasteiger partial charge < -0.3 is 9.88 Å². The fourth-order valence-electron chi connectivity index (χ4n) is 2.16. The van der Waals surface area contributed by atoms with Gasteiger partial charge in [-0.25, -0.2) is 0 Å². The summed E-state index contributed by atoms with van der Waals surface area (Å²) in [6, 6.07) is 2.90. The molecule has 0 aliphatic carbocycles. The molecule has 0 unspecified atom stereocenters. The Balaban J connectivity index is 2.06. The molecule has 10 heteroatoms. The number of hydrogen-bond donors (Lipinski definition) is 1. The molecule has 0 saturated carbocycles. The molecular weight excluding hydrogens is 377 g/mol. The van der Waals surface area contributed by atoms with Crippen LogP contribution in [0.3, 0.4) is 0 Å². The number of alkyl halides is 3. The molecule has 1 aromatic heterocycles. The Morgan fingerprint density at radius 2 is 2.04 bits per heavy atom.